The molecule has 0 spiro atoms. The van der Waals surface area contributed by atoms with Gasteiger partial charge in [-0.05, 0) is 31.0 Å². The molecule has 0 bridgehead atoms. The van der Waals surface area contributed by atoms with Gasteiger partial charge in [-0.2, -0.15) is 0 Å². The first-order valence-corrected chi connectivity index (χ1v) is 7.04. The molecule has 8 heteroatoms. The van der Waals surface area contributed by atoms with Crippen LogP contribution in [0.25, 0.3) is 0 Å². The molecule has 122 valence electrons. The van der Waals surface area contributed by atoms with Crippen LogP contribution in [0.5, 0.6) is 0 Å². The van der Waals surface area contributed by atoms with Crippen molar-refractivity contribution in [2.75, 3.05) is 11.9 Å². The second-order valence-electron chi connectivity index (χ2n) is 4.88. The first kappa shape index (κ1) is 16.5. The quantitative estimate of drug-likeness (QED) is 0.547. The Morgan fingerprint density at radius 3 is 2.57 bits per heavy atom. The van der Waals surface area contributed by atoms with Gasteiger partial charge in [-0.3, -0.25) is 14.6 Å². The number of benzene rings is 1. The first-order valence-electron chi connectivity index (χ1n) is 7.04. The lowest BCUT2D eigenvalue weighted by Gasteiger charge is -2.09. The van der Waals surface area contributed by atoms with Gasteiger partial charge in [-0.15, -0.1) is 0 Å². The summed E-state index contributed by atoms with van der Waals surface area (Å²) >= 11 is 0. The van der Waals surface area contributed by atoms with Crippen LogP contribution in [0.1, 0.15) is 29.3 Å². The lowest BCUT2D eigenvalue weighted by Crippen LogP contribution is -2.38. The maximum absolute atomic E-state index is 12.8. The van der Waals surface area contributed by atoms with Gasteiger partial charge < -0.3 is 10.5 Å². The number of nitrogens with zero attached hydrogens (tertiary/aromatic N) is 1. The van der Waals surface area contributed by atoms with Crippen LogP contribution in [-0.2, 0) is 6.42 Å². The minimum atomic E-state index is -1.08. The summed E-state index contributed by atoms with van der Waals surface area (Å²) in [6, 6.07) is 5.66. The van der Waals surface area contributed by atoms with E-state index >= 15 is 0 Å². The minimum absolute atomic E-state index is 0.0168. The van der Waals surface area contributed by atoms with Crippen LogP contribution in [0.3, 0.4) is 0 Å². The summed E-state index contributed by atoms with van der Waals surface area (Å²) in [6.07, 6.45) is 0.278. The number of hydrogen-bond acceptors (Lipinski definition) is 5. The van der Waals surface area contributed by atoms with Gasteiger partial charge in [0.05, 0.1) is 0 Å². The molecule has 1 aromatic carbocycles. The van der Waals surface area contributed by atoms with Crippen molar-refractivity contribution in [3.8, 4) is 0 Å². The number of ketones is 1. The molecule has 0 aliphatic carbocycles. The van der Waals surface area contributed by atoms with E-state index in [1.807, 2.05) is 0 Å². The summed E-state index contributed by atoms with van der Waals surface area (Å²) in [6.45, 7) is 2.11. The van der Waals surface area contributed by atoms with Crippen molar-refractivity contribution in [2.45, 2.75) is 19.8 Å². The van der Waals surface area contributed by atoms with E-state index in [4.69, 9.17) is 0 Å². The van der Waals surface area contributed by atoms with Crippen LogP contribution in [0.2, 0.25) is 0 Å². The SMILES string of the molecule is CCNc1[nH]c(=O)n(O)c(=O)c1C(=O)CCc1ccc(F)cc1. The van der Waals surface area contributed by atoms with E-state index in [-0.39, 0.29) is 28.3 Å². The third-order valence-corrected chi connectivity index (χ3v) is 3.27. The summed E-state index contributed by atoms with van der Waals surface area (Å²) in [7, 11) is 0. The molecule has 1 heterocycles. The maximum Gasteiger partial charge on any atom is 0.363 e. The fraction of sp³-hybridized carbons (Fsp3) is 0.267. The summed E-state index contributed by atoms with van der Waals surface area (Å²) in [5, 5.41) is 12.1. The van der Waals surface area contributed by atoms with Gasteiger partial charge in [0.1, 0.15) is 17.2 Å². The Hall–Kier alpha value is -2.90. The number of halogens is 1. The highest BCUT2D eigenvalue weighted by Gasteiger charge is 2.20. The van der Waals surface area contributed by atoms with Crippen molar-refractivity contribution in [2.24, 2.45) is 0 Å². The number of Topliss-reactive ketones (excluding diaryl/α,β-unsaturated/α-hetero) is 1. The van der Waals surface area contributed by atoms with Crippen LogP contribution >= 0.6 is 0 Å². The second kappa shape index (κ2) is 6.91. The predicted molar refractivity (Wildman–Crippen MR) is 81.7 cm³/mol. The van der Waals surface area contributed by atoms with Crippen LogP contribution in [0, 0.1) is 5.82 Å². The molecule has 23 heavy (non-hydrogen) atoms. The highest BCUT2D eigenvalue weighted by Crippen LogP contribution is 2.12. The largest absolute Gasteiger partial charge is 0.421 e. The number of hydrogen-bond donors (Lipinski definition) is 3. The Morgan fingerprint density at radius 2 is 1.96 bits per heavy atom. The molecule has 2 aromatic rings. The molecule has 0 radical (unpaired) electrons. The summed E-state index contributed by atoms with van der Waals surface area (Å²) in [5.41, 5.74) is -1.68. The van der Waals surface area contributed by atoms with E-state index in [9.17, 15) is 24.0 Å². The van der Waals surface area contributed by atoms with Crippen molar-refractivity contribution in [1.82, 2.24) is 9.71 Å². The molecule has 0 unspecified atom stereocenters. The Kier molecular flexibility index (Phi) is 4.95. The molecule has 0 aliphatic rings. The average Bonchev–Trinajstić information content (AvgIpc) is 2.52. The number of aryl methyl sites for hydroxylation is 1. The average molecular weight is 321 g/mol. The Morgan fingerprint density at radius 1 is 1.30 bits per heavy atom. The van der Waals surface area contributed by atoms with Crippen LogP contribution in [-0.4, -0.2) is 27.2 Å². The molecule has 0 fully saturated rings. The topological polar surface area (TPSA) is 104 Å². The Labute approximate surface area is 130 Å². The molecular weight excluding hydrogens is 305 g/mol. The fourth-order valence-corrected chi connectivity index (χ4v) is 2.13. The van der Waals surface area contributed by atoms with E-state index < -0.39 is 17.0 Å². The van der Waals surface area contributed by atoms with Crippen molar-refractivity contribution < 1.29 is 14.4 Å². The van der Waals surface area contributed by atoms with Gasteiger partial charge in [0, 0.05) is 13.0 Å². The van der Waals surface area contributed by atoms with Crippen LogP contribution in [0.15, 0.2) is 33.9 Å². The normalized spacial score (nSPS) is 10.5. The number of rotatable bonds is 6. The highest BCUT2D eigenvalue weighted by atomic mass is 19.1. The van der Waals surface area contributed by atoms with Gasteiger partial charge >= 0.3 is 11.2 Å². The van der Waals surface area contributed by atoms with Crippen molar-refractivity contribution >= 4 is 11.6 Å². The lowest BCUT2D eigenvalue weighted by molar-refractivity contribution is 0.0972. The second-order valence-corrected chi connectivity index (χ2v) is 4.88. The van der Waals surface area contributed by atoms with E-state index in [0.717, 1.165) is 5.56 Å². The van der Waals surface area contributed by atoms with Gasteiger partial charge in [-0.25, -0.2) is 9.18 Å². The number of anilines is 1. The molecular formula is C15H16FN3O4. The number of carbonyl (C=O) groups is 1. The summed E-state index contributed by atoms with van der Waals surface area (Å²) in [4.78, 5) is 37.9. The van der Waals surface area contributed by atoms with Crippen molar-refractivity contribution in [3.05, 3.63) is 62.0 Å². The van der Waals surface area contributed by atoms with Crippen LogP contribution < -0.4 is 16.6 Å². The molecule has 2 rings (SSSR count). The number of aromatic nitrogens is 2. The van der Waals surface area contributed by atoms with Crippen LogP contribution in [0.4, 0.5) is 10.2 Å². The number of carbonyl (C=O) groups excluding carboxylic acids is 1. The Balaban J connectivity index is 2.27. The van der Waals surface area contributed by atoms with E-state index in [1.54, 1.807) is 19.1 Å². The Bertz CT molecular complexity index is 824. The van der Waals surface area contributed by atoms with Crippen molar-refractivity contribution in [3.63, 3.8) is 0 Å². The lowest BCUT2D eigenvalue weighted by atomic mass is 10.0. The highest BCUT2D eigenvalue weighted by molar-refractivity contribution is 6.00. The molecule has 7 nitrogen and oxygen atoms in total. The molecule has 0 aliphatic heterocycles. The summed E-state index contributed by atoms with van der Waals surface area (Å²) in [5.74, 6) is -0.926. The predicted octanol–water partition coefficient (Wildman–Crippen LogP) is 1.16. The fourth-order valence-electron chi connectivity index (χ4n) is 2.13. The smallest absolute Gasteiger partial charge is 0.363 e. The summed E-state index contributed by atoms with van der Waals surface area (Å²) < 4.78 is 12.7. The number of nitrogens with one attached hydrogen (secondary N) is 2. The monoisotopic (exact) mass is 321 g/mol. The van der Waals surface area contributed by atoms with E-state index in [2.05, 4.69) is 10.3 Å². The zero-order valence-electron chi connectivity index (χ0n) is 12.4. The minimum Gasteiger partial charge on any atom is -0.421 e. The third-order valence-electron chi connectivity index (χ3n) is 3.27. The first-order chi connectivity index (χ1) is 10.9. The molecule has 0 saturated heterocycles. The zero-order chi connectivity index (χ0) is 17.0. The molecule has 0 amide bonds. The third kappa shape index (κ3) is 3.65. The van der Waals surface area contributed by atoms with Gasteiger partial charge in [-0.1, -0.05) is 16.9 Å². The van der Waals surface area contributed by atoms with E-state index in [1.165, 1.54) is 12.1 Å². The molecule has 0 atom stereocenters. The van der Waals surface area contributed by atoms with Gasteiger partial charge in [0.25, 0.3) is 0 Å². The van der Waals surface area contributed by atoms with E-state index in [0.29, 0.717) is 13.0 Å². The number of aromatic amines is 1. The maximum atomic E-state index is 12.8. The van der Waals surface area contributed by atoms with Crippen molar-refractivity contribution in [1.29, 1.82) is 0 Å². The number of H-pyrrole nitrogens is 1. The molecule has 3 N–H and O–H groups in total. The molecule has 0 saturated carbocycles. The molecule has 1 aromatic heterocycles. The van der Waals surface area contributed by atoms with Gasteiger partial charge in [0.15, 0.2) is 5.78 Å². The van der Waals surface area contributed by atoms with Gasteiger partial charge in [0.2, 0.25) is 0 Å². The standard InChI is InChI=1S/C15H16FN3O4/c1-2-17-13-12(14(21)19(23)15(22)18-13)11(20)8-5-9-3-6-10(16)7-4-9/h3-4,6-7,17,23H,2,5,8H2,1H3,(H,18,22). The zero-order valence-corrected chi connectivity index (χ0v) is 12.4.